The Labute approximate surface area is 309 Å². The number of aromatic hydroxyl groups is 4. The smallest absolute Gasteiger partial charge is 0.203 e. The van der Waals surface area contributed by atoms with Crippen molar-refractivity contribution in [3.63, 3.8) is 0 Å². The van der Waals surface area contributed by atoms with Crippen LogP contribution >= 0.6 is 0 Å². The van der Waals surface area contributed by atoms with Gasteiger partial charge in [-0.25, -0.2) is 0 Å². The summed E-state index contributed by atoms with van der Waals surface area (Å²) in [6, 6.07) is 13.2. The van der Waals surface area contributed by atoms with E-state index in [1.54, 1.807) is 19.2 Å². The van der Waals surface area contributed by atoms with Crippen LogP contribution in [-0.2, 0) is 25.7 Å². The van der Waals surface area contributed by atoms with E-state index in [4.69, 9.17) is 18.9 Å². The largest absolute Gasteiger partial charge is 0.507 e. The number of ether oxygens (including phenoxy) is 4. The maximum atomic E-state index is 10.8. The molecule has 280 valence electrons. The summed E-state index contributed by atoms with van der Waals surface area (Å²) in [6.45, 7) is 0. The highest BCUT2D eigenvalue weighted by Crippen LogP contribution is 2.53. The van der Waals surface area contributed by atoms with E-state index in [0.29, 0.717) is 34.5 Å². The minimum Gasteiger partial charge on any atom is -0.507 e. The van der Waals surface area contributed by atoms with E-state index in [0.717, 1.165) is 97.6 Å². The molecule has 52 heavy (non-hydrogen) atoms. The summed E-state index contributed by atoms with van der Waals surface area (Å²) < 4.78 is 21.7. The number of phenolic OH excluding ortho intramolecular Hbond substituents is 4. The number of fused-ring (bicyclic) bond motifs is 7. The quantitative estimate of drug-likeness (QED) is 0.155. The van der Waals surface area contributed by atoms with Crippen LogP contribution < -0.4 is 18.9 Å². The Morgan fingerprint density at radius 3 is 1.98 bits per heavy atom. The van der Waals surface area contributed by atoms with E-state index in [2.05, 4.69) is 18.2 Å². The highest BCUT2D eigenvalue weighted by atomic mass is 16.5. The highest BCUT2D eigenvalue weighted by molar-refractivity contribution is 5.84. The molecule has 0 saturated heterocycles. The van der Waals surface area contributed by atoms with Crippen LogP contribution in [0.2, 0.25) is 0 Å². The summed E-state index contributed by atoms with van der Waals surface area (Å²) in [4.78, 5) is 0. The molecule has 0 radical (unpaired) electrons. The summed E-state index contributed by atoms with van der Waals surface area (Å²) in [5.74, 6) is 2.78. The molecule has 0 fully saturated rings. The zero-order chi connectivity index (χ0) is 35.4. The Balaban J connectivity index is 0.000000224. The van der Waals surface area contributed by atoms with Gasteiger partial charge in [0.2, 0.25) is 11.5 Å². The number of benzene rings is 4. The summed E-state index contributed by atoms with van der Waals surface area (Å²) in [5.41, 5.74) is 8.50. The number of phenols is 4. The molecular weight excluding hydrogens is 656 g/mol. The van der Waals surface area contributed by atoms with E-state index in [-0.39, 0.29) is 37.9 Å². The van der Waals surface area contributed by atoms with Crippen molar-refractivity contribution in [2.24, 2.45) is 0 Å². The van der Waals surface area contributed by atoms with Gasteiger partial charge in [0.1, 0.15) is 11.5 Å². The Morgan fingerprint density at radius 2 is 1.27 bits per heavy atom. The van der Waals surface area contributed by atoms with Crippen molar-refractivity contribution in [2.75, 3.05) is 28.4 Å². The lowest BCUT2D eigenvalue weighted by Gasteiger charge is -2.32. The molecule has 0 aliphatic heterocycles. The topological polar surface area (TPSA) is 118 Å². The van der Waals surface area contributed by atoms with Crippen LogP contribution in [0, 0.1) is 0 Å². The van der Waals surface area contributed by atoms with Crippen molar-refractivity contribution < 1.29 is 39.4 Å². The van der Waals surface area contributed by atoms with Crippen LogP contribution in [0.15, 0.2) is 54.6 Å². The zero-order valence-electron chi connectivity index (χ0n) is 29.5. The lowest BCUT2D eigenvalue weighted by molar-refractivity contribution is 0.331. The minimum atomic E-state index is 0. The van der Waals surface area contributed by atoms with Gasteiger partial charge in [-0.1, -0.05) is 39.1 Å². The molecule has 0 spiro atoms. The fourth-order valence-electron chi connectivity index (χ4n) is 7.91. The molecule has 4 aromatic rings. The van der Waals surface area contributed by atoms with E-state index < -0.39 is 0 Å². The Bertz CT molecular complexity index is 1890. The Morgan fingerprint density at radius 1 is 0.577 bits per heavy atom. The van der Waals surface area contributed by atoms with Gasteiger partial charge in [-0.3, -0.25) is 0 Å². The third-order valence-corrected chi connectivity index (χ3v) is 10.4. The molecule has 3 aliphatic carbocycles. The summed E-state index contributed by atoms with van der Waals surface area (Å²) in [7, 11) is 6.15. The molecule has 8 heteroatoms. The predicted molar refractivity (Wildman–Crippen MR) is 209 cm³/mol. The first kappa shape index (κ1) is 39.8. The van der Waals surface area contributed by atoms with Gasteiger partial charge in [0.25, 0.3) is 0 Å². The van der Waals surface area contributed by atoms with E-state index >= 15 is 0 Å². The fourth-order valence-corrected chi connectivity index (χ4v) is 7.91. The van der Waals surface area contributed by atoms with E-state index in [9.17, 15) is 20.4 Å². The van der Waals surface area contributed by atoms with Crippen molar-refractivity contribution in [3.8, 4) is 68.2 Å². The predicted octanol–water partition coefficient (Wildman–Crippen LogP) is 10.4. The van der Waals surface area contributed by atoms with Crippen molar-refractivity contribution in [1.29, 1.82) is 0 Å². The number of hydrogen-bond acceptors (Lipinski definition) is 8. The van der Waals surface area contributed by atoms with Crippen LogP contribution in [0.1, 0.15) is 93.5 Å². The monoisotopic (exact) mass is 712 g/mol. The summed E-state index contributed by atoms with van der Waals surface area (Å²) >= 11 is 0. The second-order valence-corrected chi connectivity index (χ2v) is 13.3. The number of methoxy groups -OCH3 is 4. The normalized spacial score (nSPS) is 16.3. The van der Waals surface area contributed by atoms with E-state index in [1.165, 1.54) is 38.9 Å². The molecule has 4 aromatic carbocycles. The second-order valence-electron chi connectivity index (χ2n) is 13.3. The molecule has 0 aromatic heterocycles. The SMILES string of the molecule is C.C.COc1c2cc(c(O)c1OC)CCCC/C=C\Cc1ccc(O)c-2c1.COc1cc2c(c(O)c1OC)CCCC1CCCc3ccc(O)c-2c31. The fraction of sp³-hybridized carbons (Fsp3) is 0.409. The average molecular weight is 713 g/mol. The standard InChI is InChI=1S/2C21H24O4.2CH4/c1-24-17-11-15-14(20(23)21(17)25-2)8-4-7-12-5-3-6-13-9-10-16(22)19(15)18(12)13;1-24-20-17-13-15(19(23)21(20)25-2)9-7-5-3-4-6-8-14-10-11-18(22)16(17)12-14;;/h9-12,22-23H,3-8H2,1-2H3;4,6,10-13,22-23H,3,5,7-9H2,1-2H3;2*1H4/b;6-4-;;. The van der Waals surface area contributed by atoms with Crippen LogP contribution in [-0.4, -0.2) is 48.9 Å². The highest BCUT2D eigenvalue weighted by Gasteiger charge is 2.31. The Hall–Kier alpha value is -4.98. The zero-order valence-corrected chi connectivity index (χ0v) is 29.5. The van der Waals surface area contributed by atoms with Crippen LogP contribution in [0.3, 0.4) is 0 Å². The maximum absolute atomic E-state index is 10.8. The third kappa shape index (κ3) is 7.62. The molecule has 0 heterocycles. The van der Waals surface area contributed by atoms with Gasteiger partial charge in [-0.05, 0) is 135 Å². The number of aryl methyl sites for hydroxylation is 2. The molecule has 3 aliphatic rings. The molecule has 8 nitrogen and oxygen atoms in total. The van der Waals surface area contributed by atoms with Crippen LogP contribution in [0.5, 0.6) is 46.0 Å². The van der Waals surface area contributed by atoms with Crippen molar-refractivity contribution >= 4 is 0 Å². The molecule has 7 rings (SSSR count). The van der Waals surface area contributed by atoms with Gasteiger partial charge in [-0.2, -0.15) is 0 Å². The van der Waals surface area contributed by atoms with Crippen molar-refractivity contribution in [2.45, 2.75) is 91.4 Å². The molecular formula is C44H56O8. The summed E-state index contributed by atoms with van der Waals surface area (Å²) in [6.07, 6.45) is 15.2. The third-order valence-electron chi connectivity index (χ3n) is 10.4. The first-order valence-corrected chi connectivity index (χ1v) is 17.6. The molecule has 0 saturated carbocycles. The van der Waals surface area contributed by atoms with Gasteiger partial charge < -0.3 is 39.4 Å². The first-order valence-electron chi connectivity index (χ1n) is 17.6. The molecule has 4 N–H and O–H groups in total. The van der Waals surface area contributed by atoms with Gasteiger partial charge in [0.15, 0.2) is 23.0 Å². The average Bonchev–Trinajstić information content (AvgIpc) is 3.13. The molecule has 1 atom stereocenters. The number of allylic oxidation sites excluding steroid dienone is 2. The van der Waals surface area contributed by atoms with Crippen LogP contribution in [0.4, 0.5) is 0 Å². The van der Waals surface area contributed by atoms with Gasteiger partial charge in [0, 0.05) is 22.3 Å². The van der Waals surface area contributed by atoms with E-state index in [1.807, 2.05) is 24.3 Å². The van der Waals surface area contributed by atoms with Gasteiger partial charge in [0.05, 0.1) is 28.4 Å². The molecule has 4 bridgehead atoms. The van der Waals surface area contributed by atoms with Gasteiger partial charge >= 0.3 is 0 Å². The maximum Gasteiger partial charge on any atom is 0.203 e. The molecule has 0 amide bonds. The Kier molecular flexibility index (Phi) is 13.4. The lowest BCUT2D eigenvalue weighted by atomic mass is 9.73. The van der Waals surface area contributed by atoms with Crippen molar-refractivity contribution in [3.05, 3.63) is 82.4 Å². The van der Waals surface area contributed by atoms with Gasteiger partial charge in [-0.15, -0.1) is 0 Å². The van der Waals surface area contributed by atoms with Crippen LogP contribution in [0.25, 0.3) is 22.3 Å². The number of hydrogen-bond donors (Lipinski definition) is 4. The number of rotatable bonds is 4. The second kappa shape index (κ2) is 17.5. The summed E-state index contributed by atoms with van der Waals surface area (Å²) in [5, 5.41) is 42.5. The minimum absolute atomic E-state index is 0. The lowest BCUT2D eigenvalue weighted by Crippen LogP contribution is -2.14. The first-order chi connectivity index (χ1) is 24.3. The van der Waals surface area contributed by atoms with Crippen molar-refractivity contribution in [1.82, 2.24) is 0 Å². The molecule has 1 unspecified atom stereocenters.